The molecule has 48 heavy (non-hydrogen) atoms. The number of rotatable bonds is 3. The highest BCUT2D eigenvalue weighted by atomic mass is 15.0. The molecule has 0 unspecified atom stereocenters. The quantitative estimate of drug-likeness (QED) is 0.195. The third-order valence-corrected chi connectivity index (χ3v) is 10.3. The predicted octanol–water partition coefficient (Wildman–Crippen LogP) is 11.7. The van der Waals surface area contributed by atoms with Crippen LogP contribution in [0.3, 0.4) is 0 Å². The maximum Gasteiger partial charge on any atom is 0.0556 e. The van der Waals surface area contributed by atoms with Crippen LogP contribution in [0.4, 0.5) is 0 Å². The van der Waals surface area contributed by atoms with Gasteiger partial charge in [-0.15, -0.1) is 0 Å². The van der Waals surface area contributed by atoms with Crippen LogP contribution >= 0.6 is 0 Å². The van der Waals surface area contributed by atoms with Gasteiger partial charge in [-0.3, -0.25) is 4.98 Å². The van der Waals surface area contributed by atoms with Crippen molar-refractivity contribution in [3.63, 3.8) is 0 Å². The van der Waals surface area contributed by atoms with Gasteiger partial charge in [0.05, 0.1) is 27.8 Å². The molecule has 1 aliphatic rings. The van der Waals surface area contributed by atoms with E-state index in [1.54, 1.807) is 0 Å². The molecule has 11 rings (SSSR count). The summed E-state index contributed by atoms with van der Waals surface area (Å²) in [6.07, 6.45) is 4.06. The predicted molar refractivity (Wildman–Crippen MR) is 200 cm³/mol. The summed E-state index contributed by atoms with van der Waals surface area (Å²) in [5, 5.41) is 7.48. The Bertz CT molecular complexity index is 2910. The minimum absolute atomic E-state index is 1.16. The molecule has 0 spiro atoms. The number of para-hydroxylation sites is 3. The smallest absolute Gasteiger partial charge is 0.0556 e. The normalized spacial score (nSPS) is 12.2. The van der Waals surface area contributed by atoms with Gasteiger partial charge in [0, 0.05) is 56.0 Å². The van der Waals surface area contributed by atoms with Crippen LogP contribution < -0.4 is 0 Å². The number of pyridine rings is 1. The highest BCUT2D eigenvalue weighted by Gasteiger charge is 2.24. The second kappa shape index (κ2) is 9.54. The van der Waals surface area contributed by atoms with Gasteiger partial charge in [-0.2, -0.15) is 0 Å². The second-order valence-corrected chi connectivity index (χ2v) is 12.8. The van der Waals surface area contributed by atoms with Crippen LogP contribution in [0.1, 0.15) is 0 Å². The van der Waals surface area contributed by atoms with E-state index >= 15 is 0 Å². The zero-order valence-electron chi connectivity index (χ0n) is 25.9. The van der Waals surface area contributed by atoms with Crippen LogP contribution in [-0.2, 0) is 0 Å². The van der Waals surface area contributed by atoms with Crippen molar-refractivity contribution in [1.82, 2.24) is 14.1 Å². The van der Waals surface area contributed by atoms with E-state index in [1.807, 2.05) is 12.4 Å². The van der Waals surface area contributed by atoms with Gasteiger partial charge in [0.25, 0.3) is 0 Å². The molecule has 7 aromatic carbocycles. The maximum absolute atomic E-state index is 4.75. The van der Waals surface area contributed by atoms with E-state index in [2.05, 4.69) is 161 Å². The summed E-state index contributed by atoms with van der Waals surface area (Å²) in [5.41, 5.74) is 14.6. The molecule has 0 saturated heterocycles. The summed E-state index contributed by atoms with van der Waals surface area (Å²) in [5.74, 6) is 0. The molecule has 222 valence electrons. The SMILES string of the molecule is c1ccc(-n2c3ccccc3c3ccc(-c4ccc5c(c4)c4ccccc4n5-c4ccc5c6c(cncc46)-c4ccccc4-5)cc32)cc1. The first-order valence-electron chi connectivity index (χ1n) is 16.5. The molecule has 3 nitrogen and oxygen atoms in total. The first-order chi connectivity index (χ1) is 23.8. The van der Waals surface area contributed by atoms with Crippen LogP contribution in [-0.4, -0.2) is 14.1 Å². The molecule has 10 aromatic rings. The fourth-order valence-corrected chi connectivity index (χ4v) is 8.27. The van der Waals surface area contributed by atoms with E-state index in [9.17, 15) is 0 Å². The van der Waals surface area contributed by atoms with Gasteiger partial charge in [-0.25, -0.2) is 0 Å². The summed E-state index contributed by atoms with van der Waals surface area (Å²) in [6, 6.07) is 55.3. The van der Waals surface area contributed by atoms with Crippen molar-refractivity contribution in [2.75, 3.05) is 0 Å². The topological polar surface area (TPSA) is 22.8 Å². The molecule has 0 aliphatic heterocycles. The van der Waals surface area contributed by atoms with Crippen LogP contribution in [0.5, 0.6) is 0 Å². The van der Waals surface area contributed by atoms with Crippen molar-refractivity contribution in [2.45, 2.75) is 0 Å². The lowest BCUT2D eigenvalue weighted by Gasteiger charge is -2.13. The molecule has 3 heteroatoms. The number of hydrogen-bond acceptors (Lipinski definition) is 1. The van der Waals surface area contributed by atoms with Crippen molar-refractivity contribution in [3.05, 3.63) is 164 Å². The average molecular weight is 610 g/mol. The van der Waals surface area contributed by atoms with Crippen molar-refractivity contribution in [2.24, 2.45) is 0 Å². The van der Waals surface area contributed by atoms with E-state index in [0.717, 1.165) is 5.69 Å². The molecular weight excluding hydrogens is 583 g/mol. The van der Waals surface area contributed by atoms with Gasteiger partial charge in [-0.1, -0.05) is 103 Å². The number of nitrogens with zero attached hydrogens (tertiary/aromatic N) is 3. The van der Waals surface area contributed by atoms with Gasteiger partial charge in [0.15, 0.2) is 0 Å². The number of benzene rings is 7. The summed E-state index contributed by atoms with van der Waals surface area (Å²) in [4.78, 5) is 4.75. The highest BCUT2D eigenvalue weighted by molar-refractivity contribution is 6.18. The first kappa shape index (κ1) is 25.7. The average Bonchev–Trinajstić information content (AvgIpc) is 3.78. The Morgan fingerprint density at radius 3 is 1.81 bits per heavy atom. The fourth-order valence-electron chi connectivity index (χ4n) is 8.27. The van der Waals surface area contributed by atoms with Crippen LogP contribution in [0, 0.1) is 0 Å². The largest absolute Gasteiger partial charge is 0.309 e. The molecule has 3 heterocycles. The van der Waals surface area contributed by atoms with Crippen LogP contribution in [0.15, 0.2) is 164 Å². The standard InChI is InChI=1S/C45H27N3/c1-2-10-30(11-3-1)47-40-16-8-6-14-33(40)35-20-18-29(25-44(35)47)28-19-22-42-37(24-28)34-15-7-9-17-41(34)48(42)43-23-21-36-31-12-4-5-13-32(31)38-26-46-27-39(43)45(36)38/h1-27H. The molecule has 0 atom stereocenters. The third kappa shape index (κ3) is 3.40. The van der Waals surface area contributed by atoms with E-state index in [0.29, 0.717) is 0 Å². The van der Waals surface area contributed by atoms with Crippen molar-refractivity contribution in [3.8, 4) is 44.8 Å². The zero-order chi connectivity index (χ0) is 31.3. The highest BCUT2D eigenvalue weighted by Crippen LogP contribution is 2.49. The Morgan fingerprint density at radius 1 is 0.354 bits per heavy atom. The lowest BCUT2D eigenvalue weighted by Crippen LogP contribution is -1.96. The molecular formula is C45H27N3. The summed E-state index contributed by atoms with van der Waals surface area (Å²) >= 11 is 0. The van der Waals surface area contributed by atoms with Gasteiger partial charge in [0.1, 0.15) is 0 Å². The molecule has 0 amide bonds. The van der Waals surface area contributed by atoms with Crippen molar-refractivity contribution >= 4 is 54.4 Å². The summed E-state index contributed by atoms with van der Waals surface area (Å²) < 4.78 is 4.82. The van der Waals surface area contributed by atoms with E-state index in [1.165, 1.54) is 93.5 Å². The maximum atomic E-state index is 4.75. The lowest BCUT2D eigenvalue weighted by molar-refractivity contribution is 1.18. The minimum atomic E-state index is 1.16. The molecule has 0 fully saturated rings. The van der Waals surface area contributed by atoms with Crippen molar-refractivity contribution in [1.29, 1.82) is 0 Å². The second-order valence-electron chi connectivity index (χ2n) is 12.8. The lowest BCUT2D eigenvalue weighted by atomic mass is 10.0. The summed E-state index contributed by atoms with van der Waals surface area (Å²) in [6.45, 7) is 0. The molecule has 1 aliphatic carbocycles. The third-order valence-electron chi connectivity index (χ3n) is 10.3. The first-order valence-corrected chi connectivity index (χ1v) is 16.5. The van der Waals surface area contributed by atoms with Gasteiger partial charge in [-0.05, 0) is 76.3 Å². The molecule has 0 bridgehead atoms. The van der Waals surface area contributed by atoms with Gasteiger partial charge < -0.3 is 9.13 Å². The Hall–Kier alpha value is -6.45. The van der Waals surface area contributed by atoms with Crippen LogP contribution in [0.2, 0.25) is 0 Å². The number of aromatic nitrogens is 3. The summed E-state index contributed by atoms with van der Waals surface area (Å²) in [7, 11) is 0. The molecule has 0 N–H and O–H groups in total. The van der Waals surface area contributed by atoms with Crippen LogP contribution in [0.25, 0.3) is 99.1 Å². The van der Waals surface area contributed by atoms with Gasteiger partial charge >= 0.3 is 0 Å². The molecule has 0 radical (unpaired) electrons. The monoisotopic (exact) mass is 609 g/mol. The molecule has 0 saturated carbocycles. The van der Waals surface area contributed by atoms with E-state index < -0.39 is 0 Å². The fraction of sp³-hybridized carbons (Fsp3) is 0. The Balaban J connectivity index is 1.14. The number of hydrogen-bond donors (Lipinski definition) is 0. The zero-order valence-corrected chi connectivity index (χ0v) is 25.9. The number of fused-ring (bicyclic) bond motifs is 9. The van der Waals surface area contributed by atoms with E-state index in [-0.39, 0.29) is 0 Å². The molecule has 3 aromatic heterocycles. The van der Waals surface area contributed by atoms with E-state index in [4.69, 9.17) is 4.98 Å². The Kier molecular flexibility index (Phi) is 5.11. The van der Waals surface area contributed by atoms with Crippen molar-refractivity contribution < 1.29 is 0 Å². The minimum Gasteiger partial charge on any atom is -0.309 e. The Labute approximate surface area is 276 Å². The Morgan fingerprint density at radius 2 is 0.979 bits per heavy atom. The van der Waals surface area contributed by atoms with Gasteiger partial charge in [0.2, 0.25) is 0 Å².